The first kappa shape index (κ1) is 20.7. The molecule has 3 heterocycles. The van der Waals surface area contributed by atoms with Crippen molar-refractivity contribution >= 4 is 45.1 Å². The van der Waals surface area contributed by atoms with Gasteiger partial charge in [-0.15, -0.1) is 0 Å². The maximum atomic E-state index is 12.4. The van der Waals surface area contributed by atoms with E-state index < -0.39 is 5.91 Å². The topological polar surface area (TPSA) is 86.3 Å². The molecule has 0 radical (unpaired) electrons. The van der Waals surface area contributed by atoms with Crippen molar-refractivity contribution in [2.75, 3.05) is 31.2 Å². The molecule has 0 bridgehead atoms. The van der Waals surface area contributed by atoms with E-state index >= 15 is 0 Å². The molecule has 2 aromatic heterocycles. The zero-order chi connectivity index (χ0) is 22.4. The molecule has 4 aromatic rings. The molecular formula is C24H24ClN5O2. The number of ether oxygens (including phenoxy) is 1. The Morgan fingerprint density at radius 1 is 1.16 bits per heavy atom. The molecule has 5 rings (SSSR count). The fourth-order valence-electron chi connectivity index (χ4n) is 4.33. The van der Waals surface area contributed by atoms with Gasteiger partial charge in [0.2, 0.25) is 0 Å². The van der Waals surface area contributed by atoms with Crippen molar-refractivity contribution in [2.45, 2.75) is 19.8 Å². The molecule has 0 unspecified atom stereocenters. The molecule has 1 saturated heterocycles. The molecule has 0 saturated carbocycles. The molecule has 7 nitrogen and oxygen atoms in total. The average molecular weight is 450 g/mol. The zero-order valence-corrected chi connectivity index (χ0v) is 18.8. The minimum atomic E-state index is -0.493. The summed E-state index contributed by atoms with van der Waals surface area (Å²) in [6, 6.07) is 11.6. The predicted molar refractivity (Wildman–Crippen MR) is 127 cm³/mol. The molecule has 0 spiro atoms. The molecule has 1 fully saturated rings. The monoisotopic (exact) mass is 449 g/mol. The third kappa shape index (κ3) is 3.38. The molecule has 0 atom stereocenters. The number of anilines is 1. The Morgan fingerprint density at radius 3 is 2.66 bits per heavy atom. The zero-order valence-electron chi connectivity index (χ0n) is 18.0. The number of carbonyl (C=O) groups is 1. The highest BCUT2D eigenvalue weighted by Gasteiger charge is 2.23. The number of fused-ring (bicyclic) bond motifs is 2. The molecular weight excluding hydrogens is 426 g/mol. The highest BCUT2D eigenvalue weighted by Crippen LogP contribution is 2.35. The maximum Gasteiger partial charge on any atom is 0.251 e. The number of para-hydroxylation sites is 1. The normalized spacial score (nSPS) is 14.6. The predicted octanol–water partition coefficient (Wildman–Crippen LogP) is 4.29. The summed E-state index contributed by atoms with van der Waals surface area (Å²) in [4.78, 5) is 24.0. The number of hydrogen-bond donors (Lipinski definition) is 1. The van der Waals surface area contributed by atoms with Crippen LogP contribution in [0.15, 0.2) is 42.6 Å². The largest absolute Gasteiger partial charge is 0.378 e. The summed E-state index contributed by atoms with van der Waals surface area (Å²) in [6.07, 6.45) is 1.75. The molecule has 1 amide bonds. The van der Waals surface area contributed by atoms with Crippen LogP contribution < -0.4 is 10.6 Å². The second-order valence-corrected chi connectivity index (χ2v) is 8.66. The molecule has 164 valence electrons. The molecule has 8 heteroatoms. The minimum absolute atomic E-state index is 0.109. The van der Waals surface area contributed by atoms with Crippen LogP contribution in [-0.2, 0) is 4.74 Å². The quantitative estimate of drug-likeness (QED) is 0.502. The lowest BCUT2D eigenvalue weighted by molar-refractivity contribution is 0.100. The van der Waals surface area contributed by atoms with Gasteiger partial charge in [-0.2, -0.15) is 0 Å². The summed E-state index contributed by atoms with van der Waals surface area (Å²) in [5, 5.41) is 1.50. The van der Waals surface area contributed by atoms with E-state index in [4.69, 9.17) is 27.1 Å². The van der Waals surface area contributed by atoms with Gasteiger partial charge in [0.1, 0.15) is 11.3 Å². The summed E-state index contributed by atoms with van der Waals surface area (Å²) in [7, 11) is 0. The van der Waals surface area contributed by atoms with Crippen LogP contribution in [0.3, 0.4) is 0 Å². The van der Waals surface area contributed by atoms with Crippen LogP contribution in [0.5, 0.6) is 0 Å². The van der Waals surface area contributed by atoms with E-state index in [1.807, 2.05) is 30.3 Å². The van der Waals surface area contributed by atoms with Gasteiger partial charge in [-0.25, -0.2) is 4.98 Å². The molecule has 1 aliphatic rings. The Balaban J connectivity index is 1.86. The van der Waals surface area contributed by atoms with Gasteiger partial charge in [0, 0.05) is 36.3 Å². The fourth-order valence-corrected chi connectivity index (χ4v) is 4.56. The van der Waals surface area contributed by atoms with Crippen LogP contribution in [0.4, 0.5) is 5.69 Å². The molecule has 2 N–H and O–H groups in total. The van der Waals surface area contributed by atoms with Gasteiger partial charge in [-0.05, 0) is 24.3 Å². The standard InChI is InChI=1S/C24H24ClN5O2/c1-14(2)24-28-22-17(23(26)31)12-15(29-8-10-32-11-9-29)13-20(22)30(24)19-6-7-27-21-16(19)4-3-5-18(21)25/h3-7,12-14H,8-11H2,1-2H3,(H2,26,31). The second kappa shape index (κ2) is 8.07. The number of carbonyl (C=O) groups excluding carboxylic acids is 1. The van der Waals surface area contributed by atoms with Gasteiger partial charge in [0.05, 0.1) is 40.5 Å². The van der Waals surface area contributed by atoms with Crippen LogP contribution in [0, 0.1) is 0 Å². The lowest BCUT2D eigenvalue weighted by Crippen LogP contribution is -2.36. The molecule has 32 heavy (non-hydrogen) atoms. The first-order valence-corrected chi connectivity index (χ1v) is 11.1. The number of nitrogens with two attached hydrogens (primary N) is 1. The van der Waals surface area contributed by atoms with Crippen LogP contribution in [0.2, 0.25) is 5.02 Å². The van der Waals surface area contributed by atoms with Gasteiger partial charge in [-0.1, -0.05) is 37.6 Å². The van der Waals surface area contributed by atoms with Crippen LogP contribution >= 0.6 is 11.6 Å². The number of morpholine rings is 1. The van der Waals surface area contributed by atoms with E-state index in [-0.39, 0.29) is 5.92 Å². The van der Waals surface area contributed by atoms with Crippen molar-refractivity contribution in [1.29, 1.82) is 0 Å². The van der Waals surface area contributed by atoms with Crippen molar-refractivity contribution in [3.63, 3.8) is 0 Å². The first-order valence-electron chi connectivity index (χ1n) is 10.7. The molecule has 1 aliphatic heterocycles. The maximum absolute atomic E-state index is 12.4. The number of primary amides is 1. The fraction of sp³-hybridized carbons (Fsp3) is 0.292. The summed E-state index contributed by atoms with van der Waals surface area (Å²) in [5.41, 5.74) is 10.2. The van der Waals surface area contributed by atoms with E-state index in [1.165, 1.54) is 0 Å². The Kier molecular flexibility index (Phi) is 5.23. The number of nitrogens with zero attached hydrogens (tertiary/aromatic N) is 4. The number of benzene rings is 2. The van der Waals surface area contributed by atoms with E-state index in [0.717, 1.165) is 46.7 Å². The highest BCUT2D eigenvalue weighted by atomic mass is 35.5. The smallest absolute Gasteiger partial charge is 0.251 e. The van der Waals surface area contributed by atoms with Crippen LogP contribution in [0.25, 0.3) is 27.6 Å². The van der Waals surface area contributed by atoms with Crippen molar-refractivity contribution in [2.24, 2.45) is 5.73 Å². The first-order chi connectivity index (χ1) is 15.5. The summed E-state index contributed by atoms with van der Waals surface area (Å²) in [6.45, 7) is 6.97. The number of halogens is 1. The Hall–Kier alpha value is -3.16. The average Bonchev–Trinajstić information content (AvgIpc) is 3.18. The minimum Gasteiger partial charge on any atom is -0.378 e. The van der Waals surface area contributed by atoms with Crippen molar-refractivity contribution < 1.29 is 9.53 Å². The van der Waals surface area contributed by atoms with E-state index in [9.17, 15) is 4.79 Å². The Bertz CT molecular complexity index is 1340. The van der Waals surface area contributed by atoms with E-state index in [2.05, 4.69) is 34.4 Å². The van der Waals surface area contributed by atoms with Crippen LogP contribution in [-0.4, -0.2) is 46.7 Å². The number of rotatable bonds is 4. The highest BCUT2D eigenvalue weighted by molar-refractivity contribution is 6.35. The van der Waals surface area contributed by atoms with Gasteiger partial charge >= 0.3 is 0 Å². The molecule has 0 aliphatic carbocycles. The van der Waals surface area contributed by atoms with Gasteiger partial charge < -0.3 is 15.4 Å². The SMILES string of the molecule is CC(C)c1nc2c(C(N)=O)cc(N3CCOCC3)cc2n1-c1ccnc2c(Cl)cccc12. The number of imidazole rings is 1. The van der Waals surface area contributed by atoms with Gasteiger partial charge in [0.25, 0.3) is 5.91 Å². The van der Waals surface area contributed by atoms with Crippen molar-refractivity contribution in [3.05, 3.63) is 59.0 Å². The number of pyridine rings is 1. The van der Waals surface area contributed by atoms with Gasteiger partial charge in [-0.3, -0.25) is 14.3 Å². The van der Waals surface area contributed by atoms with E-state index in [0.29, 0.717) is 29.3 Å². The van der Waals surface area contributed by atoms with Gasteiger partial charge in [0.15, 0.2) is 0 Å². The lowest BCUT2D eigenvalue weighted by atomic mass is 10.1. The van der Waals surface area contributed by atoms with Crippen molar-refractivity contribution in [1.82, 2.24) is 14.5 Å². The Labute approximate surface area is 190 Å². The lowest BCUT2D eigenvalue weighted by Gasteiger charge is -2.29. The third-order valence-corrected chi connectivity index (χ3v) is 6.17. The summed E-state index contributed by atoms with van der Waals surface area (Å²) >= 11 is 6.44. The number of aromatic nitrogens is 3. The summed E-state index contributed by atoms with van der Waals surface area (Å²) < 4.78 is 7.61. The molecule has 2 aromatic carbocycles. The summed E-state index contributed by atoms with van der Waals surface area (Å²) in [5.74, 6) is 0.458. The van der Waals surface area contributed by atoms with E-state index in [1.54, 1.807) is 6.20 Å². The van der Waals surface area contributed by atoms with Crippen LogP contribution in [0.1, 0.15) is 35.9 Å². The third-order valence-electron chi connectivity index (χ3n) is 5.87. The van der Waals surface area contributed by atoms with Crippen molar-refractivity contribution in [3.8, 4) is 5.69 Å². The second-order valence-electron chi connectivity index (χ2n) is 8.25. The number of amides is 1. The number of hydrogen-bond acceptors (Lipinski definition) is 5. The Morgan fingerprint density at radius 2 is 1.94 bits per heavy atom.